The van der Waals surface area contributed by atoms with E-state index in [1.807, 2.05) is 6.92 Å². The van der Waals surface area contributed by atoms with Crippen molar-refractivity contribution < 1.29 is 26.1 Å². The maximum atomic E-state index is 10.5. The first-order valence-corrected chi connectivity index (χ1v) is 5.14. The Balaban J connectivity index is 0.000000423. The van der Waals surface area contributed by atoms with E-state index >= 15 is 0 Å². The van der Waals surface area contributed by atoms with Gasteiger partial charge in [-0.3, -0.25) is 4.55 Å². The summed E-state index contributed by atoms with van der Waals surface area (Å²) in [6, 6.07) is 5.99. The first-order chi connectivity index (χ1) is 6.73. The third kappa shape index (κ3) is 6.92. The summed E-state index contributed by atoms with van der Waals surface area (Å²) in [6.45, 7) is -1.83. The predicted octanol–water partition coefficient (Wildman–Crippen LogP) is 2.42. The van der Waals surface area contributed by atoms with E-state index in [4.69, 9.17) is 4.55 Å². The van der Waals surface area contributed by atoms with E-state index in [9.17, 15) is 21.6 Å². The number of hydrogen-bond acceptors (Lipinski definition) is 2. The van der Waals surface area contributed by atoms with Gasteiger partial charge in [0.2, 0.25) is 0 Å². The summed E-state index contributed by atoms with van der Waals surface area (Å²) >= 11 is 0. The van der Waals surface area contributed by atoms with Gasteiger partial charge in [0.1, 0.15) is 0 Å². The van der Waals surface area contributed by atoms with Crippen molar-refractivity contribution in [3.05, 3.63) is 29.8 Å². The Kier molecular flexibility index (Phi) is 5.31. The molecule has 0 amide bonds. The molecule has 0 atom stereocenters. The summed E-state index contributed by atoms with van der Waals surface area (Å²) in [5, 5.41) is 0. The van der Waals surface area contributed by atoms with Gasteiger partial charge in [-0.25, -0.2) is 0 Å². The molecule has 1 aromatic carbocycles. The van der Waals surface area contributed by atoms with Crippen LogP contribution < -0.4 is 0 Å². The van der Waals surface area contributed by atoms with Crippen LogP contribution in [0, 0.1) is 6.92 Å². The van der Waals surface area contributed by atoms with E-state index in [0.717, 1.165) is 5.56 Å². The fraction of sp³-hybridized carbons (Fsp3) is 0.250. The Hall–Kier alpha value is -1.08. The van der Waals surface area contributed by atoms with Crippen LogP contribution in [0.25, 0.3) is 0 Å². The van der Waals surface area contributed by atoms with Gasteiger partial charge in [0.15, 0.2) is 0 Å². The van der Waals surface area contributed by atoms with Crippen molar-refractivity contribution in [1.29, 1.82) is 0 Å². The van der Waals surface area contributed by atoms with Crippen molar-refractivity contribution in [3.63, 3.8) is 0 Å². The Morgan fingerprint density at radius 2 is 1.47 bits per heavy atom. The van der Waals surface area contributed by atoms with Crippen molar-refractivity contribution in [2.75, 3.05) is 0 Å². The second kappa shape index (κ2) is 5.72. The predicted molar refractivity (Wildman–Crippen MR) is 48.1 cm³/mol. The Morgan fingerprint density at radius 3 is 1.73 bits per heavy atom. The Labute approximate surface area is 85.3 Å². The minimum absolute atomic E-state index is 0.0666. The molecule has 0 saturated heterocycles. The largest absolute Gasteiger partial charge is 0.379 e. The zero-order valence-corrected chi connectivity index (χ0v) is 8.51. The van der Waals surface area contributed by atoms with Gasteiger partial charge < -0.3 is 0 Å². The Bertz CT molecular complexity index is 383. The minimum atomic E-state index is -4.02. The van der Waals surface area contributed by atoms with Crippen LogP contribution in [0.4, 0.5) is 13.2 Å². The zero-order chi connectivity index (χ0) is 12.1. The third-order valence-corrected chi connectivity index (χ3v) is 2.19. The van der Waals surface area contributed by atoms with Crippen LogP contribution in [-0.4, -0.2) is 19.6 Å². The summed E-state index contributed by atoms with van der Waals surface area (Å²) in [7, 11) is -4.02. The number of aryl methyl sites for hydroxylation is 1. The molecule has 0 aromatic heterocycles. The van der Waals surface area contributed by atoms with E-state index in [0.29, 0.717) is 0 Å². The molecule has 1 N–H and O–H groups in total. The van der Waals surface area contributed by atoms with Crippen LogP contribution in [0.15, 0.2) is 29.2 Å². The lowest BCUT2D eigenvalue weighted by Crippen LogP contribution is -1.96. The lowest BCUT2D eigenvalue weighted by atomic mass is 10.2. The van der Waals surface area contributed by atoms with Gasteiger partial charge in [-0.2, -0.15) is 21.6 Å². The molecule has 0 aliphatic heterocycles. The van der Waals surface area contributed by atoms with Crippen molar-refractivity contribution in [3.8, 4) is 0 Å². The van der Waals surface area contributed by atoms with E-state index in [1.54, 1.807) is 12.1 Å². The molecule has 0 heterocycles. The van der Waals surface area contributed by atoms with Gasteiger partial charge in [0.05, 0.1) is 4.90 Å². The summed E-state index contributed by atoms with van der Waals surface area (Å²) in [4.78, 5) is -0.0666. The summed E-state index contributed by atoms with van der Waals surface area (Å²) in [5.74, 6) is 0. The molecule has 0 unspecified atom stereocenters. The quantitative estimate of drug-likeness (QED) is 0.769. The topological polar surface area (TPSA) is 54.4 Å². The normalized spacial score (nSPS) is 10.8. The lowest BCUT2D eigenvalue weighted by Gasteiger charge is -1.95. The molecule has 0 radical (unpaired) electrons. The average molecular weight is 242 g/mol. The molecule has 0 aliphatic rings. The fourth-order valence-corrected chi connectivity index (χ4v) is 1.19. The molecule has 7 heteroatoms. The van der Waals surface area contributed by atoms with Gasteiger partial charge in [0, 0.05) is 0 Å². The number of benzene rings is 1. The van der Waals surface area contributed by atoms with Crippen molar-refractivity contribution in [2.45, 2.75) is 18.5 Å². The molecule has 0 fully saturated rings. The summed E-state index contributed by atoms with van der Waals surface area (Å²) in [6.07, 6.45) is 0. The second-order valence-corrected chi connectivity index (χ2v) is 3.96. The minimum Gasteiger partial charge on any atom is -0.282 e. The highest BCUT2D eigenvalue weighted by atomic mass is 32.2. The van der Waals surface area contributed by atoms with Gasteiger partial charge >= 0.3 is 6.68 Å². The van der Waals surface area contributed by atoms with Gasteiger partial charge in [-0.15, -0.1) is 0 Å². The van der Waals surface area contributed by atoms with E-state index in [2.05, 4.69) is 0 Å². The highest BCUT2D eigenvalue weighted by Crippen LogP contribution is 2.08. The number of halogens is 3. The van der Waals surface area contributed by atoms with Crippen LogP contribution in [-0.2, 0) is 10.1 Å². The zero-order valence-electron chi connectivity index (χ0n) is 7.69. The number of hydrogen-bond donors (Lipinski definition) is 1. The molecule has 0 spiro atoms. The van der Waals surface area contributed by atoms with Crippen molar-refractivity contribution in [2.24, 2.45) is 0 Å². The third-order valence-electron chi connectivity index (χ3n) is 1.32. The molecule has 15 heavy (non-hydrogen) atoms. The molecule has 1 aromatic rings. The molecule has 1 rings (SSSR count). The first kappa shape index (κ1) is 13.9. The van der Waals surface area contributed by atoms with Gasteiger partial charge in [0.25, 0.3) is 10.1 Å². The lowest BCUT2D eigenvalue weighted by molar-refractivity contribution is 0.00819. The van der Waals surface area contributed by atoms with Crippen LogP contribution in [0.1, 0.15) is 5.56 Å². The smallest absolute Gasteiger partial charge is 0.282 e. The van der Waals surface area contributed by atoms with Gasteiger partial charge in [-0.05, 0) is 19.1 Å². The van der Waals surface area contributed by atoms with Crippen molar-refractivity contribution >= 4 is 10.1 Å². The molecule has 0 aliphatic carbocycles. The maximum Gasteiger partial charge on any atom is 0.379 e. The van der Waals surface area contributed by atoms with Crippen LogP contribution >= 0.6 is 0 Å². The maximum absolute atomic E-state index is 10.5. The van der Waals surface area contributed by atoms with E-state index in [-0.39, 0.29) is 4.90 Å². The SMILES string of the molecule is Cc1ccc(S(=O)(=O)O)cc1.FC(F)F. The van der Waals surface area contributed by atoms with Crippen LogP contribution in [0.2, 0.25) is 0 Å². The monoisotopic (exact) mass is 242 g/mol. The molecule has 3 nitrogen and oxygen atoms in total. The van der Waals surface area contributed by atoms with Crippen LogP contribution in [0.3, 0.4) is 0 Å². The second-order valence-electron chi connectivity index (χ2n) is 2.54. The highest BCUT2D eigenvalue weighted by Gasteiger charge is 2.06. The van der Waals surface area contributed by atoms with E-state index < -0.39 is 16.8 Å². The summed E-state index contributed by atoms with van der Waals surface area (Å²) in [5.41, 5.74) is 0.956. The average Bonchev–Trinajstić information content (AvgIpc) is 2.01. The highest BCUT2D eigenvalue weighted by molar-refractivity contribution is 7.85. The van der Waals surface area contributed by atoms with Gasteiger partial charge in [-0.1, -0.05) is 17.7 Å². The first-order valence-electron chi connectivity index (χ1n) is 3.70. The standard InChI is InChI=1S/C7H8O3S.CHF3/c1-6-2-4-7(5-3-6)11(8,9)10;2-1(3)4/h2-5H,1H3,(H,8,9,10);1H. The summed E-state index contributed by atoms with van der Waals surface area (Å²) < 4.78 is 58.6. The molecule has 0 bridgehead atoms. The molecule has 0 saturated carbocycles. The Morgan fingerprint density at radius 1 is 1.13 bits per heavy atom. The fourth-order valence-electron chi connectivity index (χ4n) is 0.710. The van der Waals surface area contributed by atoms with Crippen molar-refractivity contribution in [1.82, 2.24) is 0 Å². The molecule has 86 valence electrons. The number of rotatable bonds is 1. The van der Waals surface area contributed by atoms with E-state index in [1.165, 1.54) is 12.1 Å². The molecular formula is C8H9F3O3S. The van der Waals surface area contributed by atoms with Crippen LogP contribution in [0.5, 0.6) is 0 Å². The number of alkyl halides is 3. The molecular weight excluding hydrogens is 233 g/mol.